The zero-order valence-corrected chi connectivity index (χ0v) is 11.5. The molecule has 2 heteroatoms. The van der Waals surface area contributed by atoms with Crippen molar-refractivity contribution in [2.75, 3.05) is 19.6 Å². The highest BCUT2D eigenvalue weighted by molar-refractivity contribution is 4.73. The fourth-order valence-electron chi connectivity index (χ4n) is 2.36. The second kappa shape index (κ2) is 8.08. The third-order valence-corrected chi connectivity index (χ3v) is 3.89. The van der Waals surface area contributed by atoms with E-state index in [2.05, 4.69) is 31.0 Å². The summed E-state index contributed by atoms with van der Waals surface area (Å²) in [6, 6.07) is 1.37. The minimum Gasteiger partial charge on any atom is -0.313 e. The molecule has 0 saturated carbocycles. The van der Waals surface area contributed by atoms with Gasteiger partial charge in [0, 0.05) is 18.6 Å². The molecule has 16 heavy (non-hydrogen) atoms. The van der Waals surface area contributed by atoms with E-state index in [0.29, 0.717) is 12.1 Å². The van der Waals surface area contributed by atoms with Crippen LogP contribution in [0.25, 0.3) is 0 Å². The van der Waals surface area contributed by atoms with Crippen molar-refractivity contribution in [3.05, 3.63) is 0 Å². The number of nitrogens with zero attached hydrogens (tertiary/aromatic N) is 1. The van der Waals surface area contributed by atoms with E-state index in [-0.39, 0.29) is 0 Å². The molecule has 1 aliphatic heterocycles. The van der Waals surface area contributed by atoms with Gasteiger partial charge in [-0.1, -0.05) is 26.2 Å². The van der Waals surface area contributed by atoms with Crippen molar-refractivity contribution in [2.45, 2.75) is 71.4 Å². The molecule has 0 spiro atoms. The van der Waals surface area contributed by atoms with E-state index in [1.54, 1.807) is 0 Å². The molecule has 0 aromatic heterocycles. The first-order chi connectivity index (χ1) is 7.74. The Hall–Kier alpha value is -0.0800. The Labute approximate surface area is 102 Å². The first-order valence-electron chi connectivity index (χ1n) is 7.21. The topological polar surface area (TPSA) is 15.3 Å². The Balaban J connectivity index is 2.24. The third kappa shape index (κ3) is 5.31. The molecule has 1 aliphatic rings. The summed E-state index contributed by atoms with van der Waals surface area (Å²) >= 11 is 0. The molecule has 0 bridgehead atoms. The molecule has 0 aromatic carbocycles. The van der Waals surface area contributed by atoms with Crippen molar-refractivity contribution >= 4 is 0 Å². The van der Waals surface area contributed by atoms with Gasteiger partial charge in [0.1, 0.15) is 0 Å². The average molecular weight is 226 g/mol. The van der Waals surface area contributed by atoms with E-state index in [1.807, 2.05) is 0 Å². The van der Waals surface area contributed by atoms with Crippen LogP contribution in [0, 0.1) is 0 Å². The lowest BCUT2D eigenvalue weighted by Gasteiger charge is -2.31. The number of hydrogen-bond acceptors (Lipinski definition) is 2. The quantitative estimate of drug-likeness (QED) is 0.775. The van der Waals surface area contributed by atoms with E-state index in [1.165, 1.54) is 51.6 Å². The largest absolute Gasteiger partial charge is 0.313 e. The lowest BCUT2D eigenvalue weighted by Crippen LogP contribution is -2.43. The van der Waals surface area contributed by atoms with Gasteiger partial charge in [-0.25, -0.2) is 0 Å². The normalized spacial score (nSPS) is 23.4. The third-order valence-electron chi connectivity index (χ3n) is 3.89. The Morgan fingerprint density at radius 1 is 1.00 bits per heavy atom. The second-order valence-electron chi connectivity index (χ2n) is 5.37. The highest BCUT2D eigenvalue weighted by Crippen LogP contribution is 2.12. The smallest absolute Gasteiger partial charge is 0.0192 e. The van der Waals surface area contributed by atoms with Gasteiger partial charge in [0.25, 0.3) is 0 Å². The summed E-state index contributed by atoms with van der Waals surface area (Å²) in [4.78, 5) is 2.68. The molecule has 2 unspecified atom stereocenters. The van der Waals surface area contributed by atoms with Gasteiger partial charge >= 0.3 is 0 Å². The Morgan fingerprint density at radius 3 is 2.12 bits per heavy atom. The molecule has 1 heterocycles. The summed E-state index contributed by atoms with van der Waals surface area (Å²) < 4.78 is 0. The van der Waals surface area contributed by atoms with E-state index < -0.39 is 0 Å². The Morgan fingerprint density at radius 2 is 1.56 bits per heavy atom. The van der Waals surface area contributed by atoms with Crippen LogP contribution in [0.15, 0.2) is 0 Å². The number of rotatable bonds is 5. The molecule has 0 amide bonds. The zero-order chi connectivity index (χ0) is 11.8. The van der Waals surface area contributed by atoms with Crippen LogP contribution < -0.4 is 5.32 Å². The molecule has 0 aliphatic carbocycles. The van der Waals surface area contributed by atoms with Crippen LogP contribution in [0.1, 0.15) is 59.3 Å². The molecule has 96 valence electrons. The Kier molecular flexibility index (Phi) is 7.06. The summed E-state index contributed by atoms with van der Waals surface area (Å²) in [6.07, 6.45) is 8.34. The lowest BCUT2D eigenvalue weighted by atomic mass is 10.1. The molecular formula is C14H30N2. The van der Waals surface area contributed by atoms with Gasteiger partial charge in [0.05, 0.1) is 0 Å². The molecule has 1 fully saturated rings. The van der Waals surface area contributed by atoms with E-state index in [4.69, 9.17) is 0 Å². The molecule has 0 aromatic rings. The van der Waals surface area contributed by atoms with Crippen molar-refractivity contribution in [2.24, 2.45) is 0 Å². The highest BCUT2D eigenvalue weighted by atomic mass is 15.2. The number of likely N-dealkylation sites (tertiary alicyclic amines) is 1. The highest BCUT2D eigenvalue weighted by Gasteiger charge is 2.14. The van der Waals surface area contributed by atoms with Crippen molar-refractivity contribution in [3.63, 3.8) is 0 Å². The van der Waals surface area contributed by atoms with E-state index >= 15 is 0 Å². The fraction of sp³-hybridized carbons (Fsp3) is 1.00. The molecule has 2 atom stereocenters. The number of nitrogens with one attached hydrogen (secondary N) is 1. The van der Waals surface area contributed by atoms with Crippen molar-refractivity contribution < 1.29 is 0 Å². The van der Waals surface area contributed by atoms with Crippen molar-refractivity contribution in [1.29, 1.82) is 0 Å². The van der Waals surface area contributed by atoms with Gasteiger partial charge in [-0.05, 0) is 46.2 Å². The molecule has 0 radical (unpaired) electrons. The SMILES string of the molecule is CCC(C)NCC(C)N1CCCCCCC1. The molecule has 2 nitrogen and oxygen atoms in total. The summed E-state index contributed by atoms with van der Waals surface area (Å²) in [5.41, 5.74) is 0. The van der Waals surface area contributed by atoms with Crippen LogP contribution in [-0.4, -0.2) is 36.6 Å². The van der Waals surface area contributed by atoms with Gasteiger partial charge in [-0.15, -0.1) is 0 Å². The van der Waals surface area contributed by atoms with Gasteiger partial charge in [0.15, 0.2) is 0 Å². The summed E-state index contributed by atoms with van der Waals surface area (Å²) in [5, 5.41) is 3.62. The van der Waals surface area contributed by atoms with E-state index in [0.717, 1.165) is 6.54 Å². The van der Waals surface area contributed by atoms with Gasteiger partial charge in [0.2, 0.25) is 0 Å². The summed E-state index contributed by atoms with van der Waals surface area (Å²) in [5.74, 6) is 0. The fourth-order valence-corrected chi connectivity index (χ4v) is 2.36. The predicted molar refractivity (Wildman–Crippen MR) is 71.9 cm³/mol. The minimum absolute atomic E-state index is 0.664. The first-order valence-corrected chi connectivity index (χ1v) is 7.21. The van der Waals surface area contributed by atoms with Crippen LogP contribution in [0.4, 0.5) is 0 Å². The van der Waals surface area contributed by atoms with Crippen LogP contribution in [0.5, 0.6) is 0 Å². The maximum atomic E-state index is 3.62. The van der Waals surface area contributed by atoms with E-state index in [9.17, 15) is 0 Å². The van der Waals surface area contributed by atoms with Crippen molar-refractivity contribution in [1.82, 2.24) is 10.2 Å². The van der Waals surface area contributed by atoms with Crippen LogP contribution in [0.3, 0.4) is 0 Å². The molecule has 1 rings (SSSR count). The maximum Gasteiger partial charge on any atom is 0.0192 e. The summed E-state index contributed by atoms with van der Waals surface area (Å²) in [6.45, 7) is 10.7. The lowest BCUT2D eigenvalue weighted by molar-refractivity contribution is 0.184. The van der Waals surface area contributed by atoms with Crippen LogP contribution in [-0.2, 0) is 0 Å². The Bertz CT molecular complexity index is 162. The van der Waals surface area contributed by atoms with Crippen molar-refractivity contribution in [3.8, 4) is 0 Å². The second-order valence-corrected chi connectivity index (χ2v) is 5.37. The molecule has 1 saturated heterocycles. The van der Waals surface area contributed by atoms with Crippen LogP contribution in [0.2, 0.25) is 0 Å². The standard InChI is InChI=1S/C14H30N2/c1-4-13(2)15-12-14(3)16-10-8-6-5-7-9-11-16/h13-15H,4-12H2,1-3H3. The predicted octanol–water partition coefficient (Wildman–Crippen LogP) is 3.03. The maximum absolute atomic E-state index is 3.62. The van der Waals surface area contributed by atoms with Gasteiger partial charge in [-0.3, -0.25) is 4.90 Å². The minimum atomic E-state index is 0.664. The monoisotopic (exact) mass is 226 g/mol. The van der Waals surface area contributed by atoms with Gasteiger partial charge in [-0.2, -0.15) is 0 Å². The molecular weight excluding hydrogens is 196 g/mol. The molecule has 1 N–H and O–H groups in total. The zero-order valence-electron chi connectivity index (χ0n) is 11.5. The summed E-state index contributed by atoms with van der Waals surface area (Å²) in [7, 11) is 0. The first kappa shape index (κ1) is 14.0. The van der Waals surface area contributed by atoms with Gasteiger partial charge < -0.3 is 5.32 Å². The average Bonchev–Trinajstić information content (AvgIpc) is 2.25. The number of hydrogen-bond donors (Lipinski definition) is 1. The van der Waals surface area contributed by atoms with Crippen LogP contribution >= 0.6 is 0 Å².